The molecule has 62 valence electrons. The first-order chi connectivity index (χ1) is 5.08. The molecule has 0 saturated carbocycles. The van der Waals surface area contributed by atoms with Crippen LogP contribution in [0.4, 0.5) is 0 Å². The molecule has 1 rings (SSSR count). The SMILES string of the molecule is CCCC1(C)OC(=O)C=[N+]1[O-]. The van der Waals surface area contributed by atoms with Crippen LogP contribution >= 0.6 is 0 Å². The number of hydrogen-bond acceptors (Lipinski definition) is 3. The molecule has 0 aliphatic carbocycles. The van der Waals surface area contributed by atoms with E-state index in [1.165, 1.54) is 0 Å². The number of hydrogen-bond donors (Lipinski definition) is 0. The van der Waals surface area contributed by atoms with Gasteiger partial charge >= 0.3 is 11.7 Å². The van der Waals surface area contributed by atoms with Gasteiger partial charge in [0.1, 0.15) is 0 Å². The number of rotatable bonds is 2. The summed E-state index contributed by atoms with van der Waals surface area (Å²) in [5.74, 6) is -0.545. The van der Waals surface area contributed by atoms with Crippen LogP contribution in [0.25, 0.3) is 0 Å². The molecule has 4 heteroatoms. The molecule has 0 amide bonds. The van der Waals surface area contributed by atoms with Crippen LogP contribution in [0.2, 0.25) is 0 Å². The van der Waals surface area contributed by atoms with Crippen molar-refractivity contribution in [2.24, 2.45) is 0 Å². The normalized spacial score (nSPS) is 30.0. The van der Waals surface area contributed by atoms with Gasteiger partial charge in [-0.15, -0.1) is 0 Å². The van der Waals surface area contributed by atoms with Crippen LogP contribution in [0.15, 0.2) is 0 Å². The monoisotopic (exact) mass is 157 g/mol. The van der Waals surface area contributed by atoms with E-state index in [-0.39, 0.29) is 0 Å². The first kappa shape index (κ1) is 8.04. The predicted molar refractivity (Wildman–Crippen MR) is 39.1 cm³/mol. The minimum absolute atomic E-state index is 0.545. The van der Waals surface area contributed by atoms with Crippen molar-refractivity contribution in [2.75, 3.05) is 0 Å². The van der Waals surface area contributed by atoms with E-state index in [1.807, 2.05) is 6.92 Å². The Kier molecular flexibility index (Phi) is 1.85. The van der Waals surface area contributed by atoms with Crippen LogP contribution in [0, 0.1) is 5.21 Å². The highest BCUT2D eigenvalue weighted by atomic mass is 16.6. The quantitative estimate of drug-likeness (QED) is 0.336. The molecule has 0 saturated heterocycles. The molecule has 1 unspecified atom stereocenters. The fourth-order valence-electron chi connectivity index (χ4n) is 1.15. The summed E-state index contributed by atoms with van der Waals surface area (Å²) >= 11 is 0. The Bertz CT molecular complexity index is 212. The third-order valence-electron chi connectivity index (χ3n) is 1.72. The van der Waals surface area contributed by atoms with Gasteiger partial charge in [-0.25, -0.2) is 4.79 Å². The first-order valence-electron chi connectivity index (χ1n) is 3.63. The van der Waals surface area contributed by atoms with E-state index in [9.17, 15) is 10.0 Å². The van der Waals surface area contributed by atoms with Gasteiger partial charge in [-0.2, -0.15) is 4.74 Å². The lowest BCUT2D eigenvalue weighted by Gasteiger charge is -2.20. The van der Waals surface area contributed by atoms with Crippen molar-refractivity contribution in [3.05, 3.63) is 5.21 Å². The van der Waals surface area contributed by atoms with Gasteiger partial charge in [-0.05, 0) is 6.42 Å². The maximum Gasteiger partial charge on any atom is 0.401 e. The average Bonchev–Trinajstić information content (AvgIpc) is 2.08. The zero-order valence-electron chi connectivity index (χ0n) is 6.66. The summed E-state index contributed by atoms with van der Waals surface area (Å²) in [6.45, 7) is 3.55. The molecule has 4 nitrogen and oxygen atoms in total. The number of cyclic esters (lactones) is 1. The Balaban J connectivity index is 2.74. The van der Waals surface area contributed by atoms with Crippen molar-refractivity contribution in [2.45, 2.75) is 32.4 Å². The number of hydroxylamine groups is 1. The van der Waals surface area contributed by atoms with Crippen molar-refractivity contribution in [3.63, 3.8) is 0 Å². The Morgan fingerprint density at radius 3 is 2.82 bits per heavy atom. The van der Waals surface area contributed by atoms with Crippen LogP contribution in [0.3, 0.4) is 0 Å². The summed E-state index contributed by atoms with van der Waals surface area (Å²) in [6, 6.07) is 0. The lowest BCUT2D eigenvalue weighted by atomic mass is 10.1. The lowest BCUT2D eigenvalue weighted by Crippen LogP contribution is -2.34. The van der Waals surface area contributed by atoms with Crippen LogP contribution in [-0.4, -0.2) is 22.6 Å². The number of ether oxygens (including phenoxy) is 1. The molecule has 0 aromatic carbocycles. The van der Waals surface area contributed by atoms with Gasteiger partial charge in [0.05, 0.1) is 6.42 Å². The van der Waals surface area contributed by atoms with E-state index in [0.29, 0.717) is 11.2 Å². The number of esters is 1. The Hall–Kier alpha value is -1.06. The Morgan fingerprint density at radius 1 is 1.82 bits per heavy atom. The van der Waals surface area contributed by atoms with Gasteiger partial charge in [0.25, 0.3) is 6.21 Å². The summed E-state index contributed by atoms with van der Waals surface area (Å²) in [7, 11) is 0. The lowest BCUT2D eigenvalue weighted by molar-refractivity contribution is -0.583. The highest BCUT2D eigenvalue weighted by Gasteiger charge is 2.42. The van der Waals surface area contributed by atoms with Crippen LogP contribution in [0.5, 0.6) is 0 Å². The molecule has 1 aliphatic heterocycles. The topological polar surface area (TPSA) is 52.4 Å². The smallest absolute Gasteiger partial charge is 0.401 e. The highest BCUT2D eigenvalue weighted by Crippen LogP contribution is 2.21. The van der Waals surface area contributed by atoms with Crippen molar-refractivity contribution < 1.29 is 14.3 Å². The summed E-state index contributed by atoms with van der Waals surface area (Å²) in [4.78, 5) is 10.6. The van der Waals surface area contributed by atoms with E-state index < -0.39 is 11.7 Å². The summed E-state index contributed by atoms with van der Waals surface area (Å²) in [5, 5.41) is 11.0. The largest absolute Gasteiger partial charge is 0.621 e. The molecular weight excluding hydrogens is 146 g/mol. The highest BCUT2D eigenvalue weighted by molar-refractivity contribution is 6.22. The minimum Gasteiger partial charge on any atom is -0.621 e. The average molecular weight is 157 g/mol. The Labute approximate surface area is 65.1 Å². The Morgan fingerprint density at radius 2 is 2.45 bits per heavy atom. The first-order valence-corrected chi connectivity index (χ1v) is 3.63. The zero-order valence-corrected chi connectivity index (χ0v) is 6.66. The van der Waals surface area contributed by atoms with Gasteiger partial charge in [-0.3, -0.25) is 0 Å². The molecule has 0 spiro atoms. The molecule has 0 fully saturated rings. The molecule has 0 N–H and O–H groups in total. The maximum absolute atomic E-state index is 11.0. The van der Waals surface area contributed by atoms with E-state index in [2.05, 4.69) is 0 Å². The van der Waals surface area contributed by atoms with Gasteiger partial charge in [0, 0.05) is 6.92 Å². The molecule has 0 radical (unpaired) electrons. The molecule has 0 aromatic rings. The second-order valence-electron chi connectivity index (χ2n) is 2.80. The van der Waals surface area contributed by atoms with E-state index in [0.717, 1.165) is 12.6 Å². The van der Waals surface area contributed by atoms with Gasteiger partial charge in [-0.1, -0.05) is 6.92 Å². The van der Waals surface area contributed by atoms with Gasteiger partial charge < -0.3 is 9.94 Å². The van der Waals surface area contributed by atoms with Crippen molar-refractivity contribution >= 4 is 12.2 Å². The van der Waals surface area contributed by atoms with E-state index in [1.54, 1.807) is 6.92 Å². The summed E-state index contributed by atoms with van der Waals surface area (Å²) in [5.41, 5.74) is -0.953. The molecule has 1 aliphatic rings. The second kappa shape index (κ2) is 2.53. The fraction of sp³-hybridized carbons (Fsp3) is 0.714. The third-order valence-corrected chi connectivity index (χ3v) is 1.72. The number of carbonyl (C=O) groups excluding carboxylic acids is 1. The van der Waals surface area contributed by atoms with Crippen LogP contribution in [0.1, 0.15) is 26.7 Å². The fourth-order valence-corrected chi connectivity index (χ4v) is 1.15. The van der Waals surface area contributed by atoms with Crippen molar-refractivity contribution in [1.29, 1.82) is 0 Å². The molecule has 11 heavy (non-hydrogen) atoms. The maximum atomic E-state index is 11.0. The summed E-state index contributed by atoms with van der Waals surface area (Å²) < 4.78 is 5.40. The molecule has 0 bridgehead atoms. The van der Waals surface area contributed by atoms with Gasteiger partial charge in [0.2, 0.25) is 0 Å². The van der Waals surface area contributed by atoms with E-state index in [4.69, 9.17) is 4.74 Å². The second-order valence-corrected chi connectivity index (χ2v) is 2.80. The van der Waals surface area contributed by atoms with Crippen LogP contribution in [-0.2, 0) is 9.53 Å². The molecule has 1 atom stereocenters. The van der Waals surface area contributed by atoms with Crippen molar-refractivity contribution in [1.82, 2.24) is 0 Å². The summed E-state index contributed by atoms with van der Waals surface area (Å²) in [6.07, 6.45) is 2.32. The van der Waals surface area contributed by atoms with Gasteiger partial charge in [0.15, 0.2) is 0 Å². The zero-order chi connectivity index (χ0) is 8.48. The number of nitrogens with zero attached hydrogens (tertiary/aromatic N) is 1. The molecule has 0 aromatic heterocycles. The van der Waals surface area contributed by atoms with Crippen molar-refractivity contribution in [3.8, 4) is 0 Å². The van der Waals surface area contributed by atoms with Crippen LogP contribution < -0.4 is 0 Å². The number of carbonyl (C=O) groups is 1. The standard InChI is InChI=1S/C7H11NO3/c1-3-4-7(2)8(10)5-6(9)11-7/h5H,3-4H2,1-2H3. The third kappa shape index (κ3) is 1.34. The molecular formula is C7H11NO3. The molecule has 1 heterocycles. The predicted octanol–water partition coefficient (Wildman–Crippen LogP) is 0.641. The van der Waals surface area contributed by atoms with E-state index >= 15 is 0 Å². The minimum atomic E-state index is -0.953.